The van der Waals surface area contributed by atoms with Crippen LogP contribution in [0.25, 0.3) is 0 Å². The molecule has 1 heterocycles. The molecular formula is C19H30N2O2. The summed E-state index contributed by atoms with van der Waals surface area (Å²) in [5, 5.41) is 3.39. The van der Waals surface area contributed by atoms with Gasteiger partial charge in [0.25, 0.3) is 0 Å². The van der Waals surface area contributed by atoms with Gasteiger partial charge in [-0.05, 0) is 53.1 Å². The Hall–Kier alpha value is -1.39. The molecule has 4 heteroatoms. The van der Waals surface area contributed by atoms with Gasteiger partial charge in [0.05, 0.1) is 0 Å². The summed E-state index contributed by atoms with van der Waals surface area (Å²) < 4.78 is 5.68. The zero-order valence-corrected chi connectivity index (χ0v) is 15.0. The van der Waals surface area contributed by atoms with Crippen molar-refractivity contribution in [3.63, 3.8) is 0 Å². The molecule has 0 radical (unpaired) electrons. The normalized spacial score (nSPS) is 24.7. The van der Waals surface area contributed by atoms with Crippen LogP contribution in [-0.2, 0) is 9.53 Å². The molecule has 1 unspecified atom stereocenters. The molecule has 128 valence electrons. The van der Waals surface area contributed by atoms with Gasteiger partial charge < -0.3 is 10.1 Å². The van der Waals surface area contributed by atoms with Gasteiger partial charge in [-0.25, -0.2) is 0 Å². The van der Waals surface area contributed by atoms with Crippen LogP contribution in [0.5, 0.6) is 0 Å². The molecule has 0 amide bonds. The molecule has 3 atom stereocenters. The van der Waals surface area contributed by atoms with Crippen molar-refractivity contribution in [1.29, 1.82) is 0 Å². The van der Waals surface area contributed by atoms with E-state index in [9.17, 15) is 4.79 Å². The van der Waals surface area contributed by atoms with E-state index in [-0.39, 0.29) is 18.1 Å². The third-order valence-corrected chi connectivity index (χ3v) is 4.35. The molecule has 1 aromatic rings. The number of ether oxygens (including phenoxy) is 1. The van der Waals surface area contributed by atoms with Gasteiger partial charge >= 0.3 is 5.97 Å². The minimum absolute atomic E-state index is 0.137. The van der Waals surface area contributed by atoms with Crippen molar-refractivity contribution < 1.29 is 9.53 Å². The Bertz CT molecular complexity index is 510. The Labute approximate surface area is 140 Å². The highest BCUT2D eigenvalue weighted by atomic mass is 16.6. The molecule has 0 aliphatic carbocycles. The van der Waals surface area contributed by atoms with E-state index in [1.54, 1.807) is 0 Å². The summed E-state index contributed by atoms with van der Waals surface area (Å²) in [6.07, 6.45) is 1.02. The second-order valence-corrected chi connectivity index (χ2v) is 7.42. The SMILES string of the molecule is CC1CCNC[C@H](C(=O)OC(C)(C)C)N1[C@H](C)c1ccccc1. The van der Waals surface area contributed by atoms with E-state index in [4.69, 9.17) is 4.74 Å². The molecular weight excluding hydrogens is 288 g/mol. The second kappa shape index (κ2) is 7.45. The maximum absolute atomic E-state index is 12.8. The number of esters is 1. The van der Waals surface area contributed by atoms with Crippen LogP contribution in [0.2, 0.25) is 0 Å². The maximum atomic E-state index is 12.8. The van der Waals surface area contributed by atoms with Crippen molar-refractivity contribution in [2.45, 2.75) is 64.8 Å². The number of carbonyl (C=O) groups is 1. The fraction of sp³-hybridized carbons (Fsp3) is 0.632. The lowest BCUT2D eigenvalue weighted by Crippen LogP contribution is -2.51. The van der Waals surface area contributed by atoms with Crippen LogP contribution in [0.3, 0.4) is 0 Å². The molecule has 1 aliphatic rings. The van der Waals surface area contributed by atoms with E-state index in [2.05, 4.69) is 48.3 Å². The Morgan fingerprint density at radius 3 is 2.57 bits per heavy atom. The van der Waals surface area contributed by atoms with Crippen LogP contribution in [0.1, 0.15) is 52.6 Å². The number of hydrogen-bond acceptors (Lipinski definition) is 4. The van der Waals surface area contributed by atoms with E-state index in [1.807, 2.05) is 26.8 Å². The van der Waals surface area contributed by atoms with Gasteiger partial charge in [0.1, 0.15) is 11.6 Å². The molecule has 2 rings (SSSR count). The first kappa shape index (κ1) is 18.0. The number of nitrogens with zero attached hydrogens (tertiary/aromatic N) is 1. The third-order valence-electron chi connectivity index (χ3n) is 4.35. The molecule has 1 fully saturated rings. The molecule has 0 spiro atoms. The number of rotatable bonds is 3. The van der Waals surface area contributed by atoms with Crippen molar-refractivity contribution in [2.24, 2.45) is 0 Å². The molecule has 4 nitrogen and oxygen atoms in total. The zero-order chi connectivity index (χ0) is 17.0. The summed E-state index contributed by atoms with van der Waals surface area (Å²) in [5.74, 6) is -0.137. The van der Waals surface area contributed by atoms with Crippen LogP contribution < -0.4 is 5.32 Å². The lowest BCUT2D eigenvalue weighted by molar-refractivity contribution is -0.163. The van der Waals surface area contributed by atoms with E-state index < -0.39 is 5.60 Å². The minimum atomic E-state index is -0.464. The van der Waals surface area contributed by atoms with Gasteiger partial charge in [-0.3, -0.25) is 9.69 Å². The van der Waals surface area contributed by atoms with E-state index >= 15 is 0 Å². The summed E-state index contributed by atoms with van der Waals surface area (Å²) in [4.78, 5) is 15.1. The Kier molecular flexibility index (Phi) is 5.82. The summed E-state index contributed by atoms with van der Waals surface area (Å²) >= 11 is 0. The molecule has 0 aromatic heterocycles. The monoisotopic (exact) mass is 318 g/mol. The maximum Gasteiger partial charge on any atom is 0.325 e. The highest BCUT2D eigenvalue weighted by molar-refractivity contribution is 5.76. The number of nitrogens with one attached hydrogen (secondary N) is 1. The number of hydrogen-bond donors (Lipinski definition) is 1. The lowest BCUT2D eigenvalue weighted by atomic mass is 10.0. The Morgan fingerprint density at radius 1 is 1.30 bits per heavy atom. The quantitative estimate of drug-likeness (QED) is 0.869. The first-order valence-electron chi connectivity index (χ1n) is 8.55. The topological polar surface area (TPSA) is 41.6 Å². The molecule has 23 heavy (non-hydrogen) atoms. The Morgan fingerprint density at radius 2 is 1.96 bits per heavy atom. The van der Waals surface area contributed by atoms with Crippen molar-refractivity contribution in [2.75, 3.05) is 13.1 Å². The molecule has 1 N–H and O–H groups in total. The van der Waals surface area contributed by atoms with E-state index in [0.29, 0.717) is 12.6 Å². The summed E-state index contributed by atoms with van der Waals surface area (Å²) in [5.41, 5.74) is 0.767. The summed E-state index contributed by atoms with van der Waals surface area (Å²) in [7, 11) is 0. The highest BCUT2D eigenvalue weighted by Crippen LogP contribution is 2.28. The number of benzene rings is 1. The van der Waals surface area contributed by atoms with Crippen LogP contribution >= 0.6 is 0 Å². The number of carbonyl (C=O) groups excluding carboxylic acids is 1. The smallest absolute Gasteiger partial charge is 0.325 e. The predicted octanol–water partition coefficient (Wildman–Crippen LogP) is 3.14. The average molecular weight is 318 g/mol. The summed E-state index contributed by atoms with van der Waals surface area (Å²) in [6, 6.07) is 10.6. The minimum Gasteiger partial charge on any atom is -0.459 e. The molecule has 1 aliphatic heterocycles. The van der Waals surface area contributed by atoms with Crippen LogP contribution in [0.4, 0.5) is 0 Å². The molecule has 1 aromatic carbocycles. The molecule has 0 saturated carbocycles. The lowest BCUT2D eigenvalue weighted by Gasteiger charge is -2.39. The standard InChI is InChI=1S/C19H30N2O2/c1-14-11-12-20-13-17(18(22)23-19(3,4)5)21(14)15(2)16-9-7-6-8-10-16/h6-10,14-15,17,20H,11-13H2,1-5H3/t14?,15-,17-/m1/s1. The third kappa shape index (κ3) is 4.79. The first-order valence-corrected chi connectivity index (χ1v) is 8.55. The van der Waals surface area contributed by atoms with Crippen LogP contribution in [0.15, 0.2) is 30.3 Å². The largest absolute Gasteiger partial charge is 0.459 e. The summed E-state index contributed by atoms with van der Waals surface area (Å²) in [6.45, 7) is 11.7. The average Bonchev–Trinajstić information content (AvgIpc) is 2.67. The van der Waals surface area contributed by atoms with Crippen molar-refractivity contribution in [3.8, 4) is 0 Å². The van der Waals surface area contributed by atoms with E-state index in [0.717, 1.165) is 13.0 Å². The van der Waals surface area contributed by atoms with Gasteiger partial charge in [0.2, 0.25) is 0 Å². The fourth-order valence-electron chi connectivity index (χ4n) is 3.24. The van der Waals surface area contributed by atoms with Crippen LogP contribution in [0, 0.1) is 0 Å². The predicted molar refractivity (Wildman–Crippen MR) is 93.3 cm³/mol. The van der Waals surface area contributed by atoms with Crippen LogP contribution in [-0.4, -0.2) is 41.6 Å². The highest BCUT2D eigenvalue weighted by Gasteiger charge is 2.37. The van der Waals surface area contributed by atoms with Gasteiger partial charge in [0.15, 0.2) is 0 Å². The van der Waals surface area contributed by atoms with Gasteiger partial charge in [-0.15, -0.1) is 0 Å². The van der Waals surface area contributed by atoms with Crippen molar-refractivity contribution in [1.82, 2.24) is 10.2 Å². The molecule has 0 bridgehead atoms. The van der Waals surface area contributed by atoms with Gasteiger partial charge in [0, 0.05) is 18.6 Å². The van der Waals surface area contributed by atoms with E-state index in [1.165, 1.54) is 5.56 Å². The fourth-order valence-corrected chi connectivity index (χ4v) is 3.24. The Balaban J connectivity index is 2.27. The van der Waals surface area contributed by atoms with Gasteiger partial charge in [-0.2, -0.15) is 0 Å². The second-order valence-electron chi connectivity index (χ2n) is 7.42. The molecule has 1 saturated heterocycles. The van der Waals surface area contributed by atoms with Crippen molar-refractivity contribution in [3.05, 3.63) is 35.9 Å². The van der Waals surface area contributed by atoms with Gasteiger partial charge in [-0.1, -0.05) is 30.3 Å². The first-order chi connectivity index (χ1) is 10.8. The van der Waals surface area contributed by atoms with Crippen molar-refractivity contribution >= 4 is 5.97 Å². The zero-order valence-electron chi connectivity index (χ0n) is 15.0.